The summed E-state index contributed by atoms with van der Waals surface area (Å²) in [6, 6.07) is 3.75. The highest BCUT2D eigenvalue weighted by Gasteiger charge is 2.20. The highest BCUT2D eigenvalue weighted by atomic mass is 35.5. The molecule has 0 amide bonds. The summed E-state index contributed by atoms with van der Waals surface area (Å²) >= 11 is 5.46. The minimum Gasteiger partial charge on any atom is -0.418 e. The minimum absolute atomic E-state index is 0. The van der Waals surface area contributed by atoms with Crippen LogP contribution in [0.2, 0.25) is 5.02 Å². The number of hydrogen-bond acceptors (Lipinski definition) is 1. The molecule has 1 aromatic rings. The second kappa shape index (κ2) is 5.51. The van der Waals surface area contributed by atoms with Gasteiger partial charge in [0.2, 0.25) is 11.2 Å². The van der Waals surface area contributed by atoms with Crippen molar-refractivity contribution in [3.05, 3.63) is 34.0 Å². The molecular formula is C6H4BClF5N2+. The second-order valence-corrected chi connectivity index (χ2v) is 2.63. The average Bonchev–Trinajstić information content (AvgIpc) is 2.06. The first-order valence-electron chi connectivity index (χ1n) is 3.41. The summed E-state index contributed by atoms with van der Waals surface area (Å²) in [6.07, 6.45) is 0. The van der Waals surface area contributed by atoms with Crippen molar-refractivity contribution in [1.29, 1.82) is 5.39 Å². The molecule has 0 saturated carbocycles. The van der Waals surface area contributed by atoms with Crippen molar-refractivity contribution in [2.75, 3.05) is 0 Å². The molecule has 0 fully saturated rings. The van der Waals surface area contributed by atoms with Gasteiger partial charge in [-0.25, -0.2) is 0 Å². The first kappa shape index (κ1) is 13.6. The van der Waals surface area contributed by atoms with E-state index in [1.807, 2.05) is 0 Å². The molecule has 1 rings (SSSR count). The maximum absolute atomic E-state index is 12.5. The first-order valence-corrected chi connectivity index (χ1v) is 3.79. The number of nitrogens with zero attached hydrogens (tertiary/aromatic N) is 2. The van der Waals surface area contributed by atoms with Gasteiger partial charge in [-0.3, -0.25) is 0 Å². The Morgan fingerprint density at radius 1 is 1.27 bits per heavy atom. The van der Waals surface area contributed by atoms with Crippen molar-refractivity contribution in [3.8, 4) is 0 Å². The molecule has 1 aromatic carbocycles. The molecule has 0 heterocycles. The monoisotopic (exact) mass is 245 g/mol. The fourth-order valence-electron chi connectivity index (χ4n) is 0.562. The number of halogens is 6. The lowest BCUT2D eigenvalue weighted by molar-refractivity contribution is 0.368. The van der Waals surface area contributed by atoms with Crippen LogP contribution in [0.3, 0.4) is 0 Å². The zero-order valence-corrected chi connectivity index (χ0v) is 7.73. The number of diazo groups is 1. The van der Waals surface area contributed by atoms with E-state index in [4.69, 9.17) is 17.0 Å². The largest absolute Gasteiger partial charge is 1.00 e. The molecule has 0 N–H and O–H groups in total. The van der Waals surface area contributed by atoms with E-state index in [0.29, 0.717) is 5.02 Å². The minimum atomic E-state index is -6.00. The molecule has 0 aliphatic carbocycles. The first-order chi connectivity index (χ1) is 6.74. The Kier molecular flexibility index (Phi) is 5.01. The summed E-state index contributed by atoms with van der Waals surface area (Å²) in [4.78, 5) is 2.67. The maximum atomic E-state index is 12.5. The van der Waals surface area contributed by atoms with E-state index < -0.39 is 13.1 Å². The van der Waals surface area contributed by atoms with Gasteiger partial charge in [-0.15, -0.1) is 0 Å². The summed E-state index contributed by atoms with van der Waals surface area (Å²) in [7, 11) is -6.00. The Morgan fingerprint density at radius 3 is 2.07 bits per heavy atom. The van der Waals surface area contributed by atoms with Crippen molar-refractivity contribution >= 4 is 24.5 Å². The van der Waals surface area contributed by atoms with Crippen molar-refractivity contribution < 1.29 is 23.1 Å². The molecule has 0 aromatic heterocycles. The summed E-state index contributed by atoms with van der Waals surface area (Å²) in [6.45, 7) is 0. The van der Waals surface area contributed by atoms with Crippen molar-refractivity contribution in [1.82, 2.24) is 0 Å². The molecule has 0 spiro atoms. The smallest absolute Gasteiger partial charge is 0.418 e. The van der Waals surface area contributed by atoms with Crippen molar-refractivity contribution in [3.63, 3.8) is 0 Å². The normalized spacial score (nSPS) is 9.93. The Balaban J connectivity index is 0. The molecule has 9 heteroatoms. The molecule has 0 unspecified atom stereocenters. The fraction of sp³-hybridized carbons (Fsp3) is 0. The molecule has 0 bridgehead atoms. The molecule has 2 nitrogen and oxygen atoms in total. The van der Waals surface area contributed by atoms with E-state index in [2.05, 4.69) is 4.98 Å². The Labute approximate surface area is 87.9 Å². The fourth-order valence-corrected chi connectivity index (χ4v) is 0.729. The van der Waals surface area contributed by atoms with Gasteiger partial charge in [0.25, 0.3) is 0 Å². The van der Waals surface area contributed by atoms with Crippen LogP contribution in [0, 0.1) is 11.2 Å². The van der Waals surface area contributed by atoms with Gasteiger partial charge < -0.3 is 17.3 Å². The van der Waals surface area contributed by atoms with Crippen LogP contribution in [0.15, 0.2) is 18.2 Å². The van der Waals surface area contributed by atoms with E-state index in [9.17, 15) is 21.7 Å². The van der Waals surface area contributed by atoms with E-state index in [-0.39, 0.29) is 7.11 Å². The molecule has 0 saturated heterocycles. The van der Waals surface area contributed by atoms with Crippen LogP contribution in [0.4, 0.5) is 27.3 Å². The summed E-state index contributed by atoms with van der Waals surface area (Å²) < 4.78 is 51.5. The second-order valence-electron chi connectivity index (χ2n) is 2.19. The predicted molar refractivity (Wildman–Crippen MR) is 47.5 cm³/mol. The van der Waals surface area contributed by atoms with Gasteiger partial charge in [-0.1, -0.05) is 11.6 Å². The lowest BCUT2D eigenvalue weighted by atomic mass is 10.3. The molecule has 0 aliphatic rings. The van der Waals surface area contributed by atoms with E-state index in [1.54, 1.807) is 0 Å². The van der Waals surface area contributed by atoms with E-state index >= 15 is 0 Å². The topological polar surface area (TPSA) is 28.1 Å². The lowest BCUT2D eigenvalue weighted by Gasteiger charge is -1.94. The maximum Gasteiger partial charge on any atom is 1.00 e. The Bertz CT molecular complexity index is 374. The van der Waals surface area contributed by atoms with Crippen LogP contribution >= 0.6 is 11.6 Å². The van der Waals surface area contributed by atoms with Gasteiger partial charge in [-0.2, -0.15) is 4.39 Å². The highest BCUT2D eigenvalue weighted by molar-refractivity contribution is 6.50. The number of hydrogen-bond donors (Lipinski definition) is 0. The van der Waals surface area contributed by atoms with Crippen molar-refractivity contribution in [2.45, 2.75) is 0 Å². The lowest BCUT2D eigenvalue weighted by Crippen LogP contribution is -2.02. The van der Waals surface area contributed by atoms with E-state index in [1.165, 1.54) is 12.1 Å². The molecule has 15 heavy (non-hydrogen) atoms. The van der Waals surface area contributed by atoms with Gasteiger partial charge in [0, 0.05) is 5.02 Å². The molecule has 0 radical (unpaired) electrons. The summed E-state index contributed by atoms with van der Waals surface area (Å²) in [5.41, 5.74) is -0.146. The Hall–Kier alpha value is -1.36. The summed E-state index contributed by atoms with van der Waals surface area (Å²) in [5, 5.41) is 8.51. The standard InChI is InChI=1S/C6H3ClFN2.BF4/c7-4-1-2-5(8)6(3-4)10-9;2-1(3,4)5/h1-3H;/q+1;-1/p+1. The summed E-state index contributed by atoms with van der Waals surface area (Å²) in [5.74, 6) is -0.591. The molecule has 0 aliphatic heterocycles. The van der Waals surface area contributed by atoms with Crippen LogP contribution in [-0.2, 0) is 0 Å². The van der Waals surface area contributed by atoms with Crippen molar-refractivity contribution in [2.24, 2.45) is 0 Å². The third-order valence-electron chi connectivity index (χ3n) is 1.02. The molecule has 82 valence electrons. The predicted octanol–water partition coefficient (Wildman–Crippen LogP) is 4.38. The highest BCUT2D eigenvalue weighted by Crippen LogP contribution is 2.21. The third kappa shape index (κ3) is 7.70. The van der Waals surface area contributed by atoms with Crippen LogP contribution in [0.25, 0.3) is 4.98 Å². The van der Waals surface area contributed by atoms with Gasteiger partial charge in [0.05, 0.1) is 6.07 Å². The quantitative estimate of drug-likeness (QED) is 0.379. The number of rotatable bonds is 0. The van der Waals surface area contributed by atoms with Gasteiger partial charge >= 0.3 is 14.4 Å². The van der Waals surface area contributed by atoms with E-state index in [0.717, 1.165) is 6.07 Å². The zero-order chi connectivity index (χ0) is 12.1. The van der Waals surface area contributed by atoms with Gasteiger partial charge in [0.1, 0.15) is 0 Å². The SMILES string of the molecule is F[B-](F)(F)F.N#[N+]c1cc(Cl)ccc1F.[H+]. The van der Waals surface area contributed by atoms with Crippen LogP contribution in [-0.4, -0.2) is 7.25 Å². The van der Waals surface area contributed by atoms with Crippen LogP contribution < -0.4 is 0 Å². The molecule has 0 atom stereocenters. The Morgan fingerprint density at radius 2 is 1.73 bits per heavy atom. The zero-order valence-electron chi connectivity index (χ0n) is 7.97. The van der Waals surface area contributed by atoms with Crippen LogP contribution in [0.5, 0.6) is 0 Å². The van der Waals surface area contributed by atoms with Crippen LogP contribution in [0.1, 0.15) is 1.43 Å². The average molecular weight is 245 g/mol. The third-order valence-corrected chi connectivity index (χ3v) is 1.25. The molecular weight excluding hydrogens is 241 g/mol. The van der Waals surface area contributed by atoms with Gasteiger partial charge in [-0.05, 0) is 12.1 Å². The number of benzene rings is 1. The van der Waals surface area contributed by atoms with Gasteiger partial charge in [0.15, 0.2) is 4.98 Å².